The molecule has 0 aliphatic rings. The first-order valence-corrected chi connectivity index (χ1v) is 8.20. The smallest absolute Gasteiger partial charge is 0.119 e. The molecule has 1 N–H and O–H groups in total. The molecule has 1 atom stereocenters. The summed E-state index contributed by atoms with van der Waals surface area (Å²) in [7, 11) is 0. The van der Waals surface area contributed by atoms with Crippen molar-refractivity contribution in [3.05, 3.63) is 51.7 Å². The molecule has 0 aliphatic heterocycles. The van der Waals surface area contributed by atoms with Crippen LogP contribution < -0.4 is 10.1 Å². The number of rotatable bonds is 7. The lowest BCUT2D eigenvalue weighted by atomic mass is 10.0. The lowest BCUT2D eigenvalue weighted by Gasteiger charge is -2.19. The van der Waals surface area contributed by atoms with Crippen molar-refractivity contribution < 1.29 is 4.74 Å². The first-order chi connectivity index (χ1) is 9.80. The fraction of sp³-hybridized carbons (Fsp3) is 0.412. The summed E-state index contributed by atoms with van der Waals surface area (Å²) in [5.74, 6) is 0.938. The summed E-state index contributed by atoms with van der Waals surface area (Å²) in [6.07, 6.45) is 1.08. The maximum atomic E-state index is 5.52. The second-order valence-corrected chi connectivity index (χ2v) is 5.60. The molecule has 1 aromatic heterocycles. The van der Waals surface area contributed by atoms with E-state index in [1.165, 1.54) is 16.0 Å². The van der Waals surface area contributed by atoms with Crippen LogP contribution >= 0.6 is 11.3 Å². The maximum absolute atomic E-state index is 5.52. The van der Waals surface area contributed by atoms with Crippen molar-refractivity contribution in [2.45, 2.75) is 33.2 Å². The molecule has 0 saturated carbocycles. The highest BCUT2D eigenvalue weighted by Gasteiger charge is 2.17. The number of benzene rings is 1. The zero-order valence-corrected chi connectivity index (χ0v) is 13.3. The summed E-state index contributed by atoms with van der Waals surface area (Å²) in [6, 6.07) is 11.0. The first-order valence-electron chi connectivity index (χ1n) is 7.32. The van der Waals surface area contributed by atoms with Crippen LogP contribution in [0.5, 0.6) is 5.75 Å². The Balaban J connectivity index is 2.28. The van der Waals surface area contributed by atoms with E-state index in [0.29, 0.717) is 6.61 Å². The van der Waals surface area contributed by atoms with Gasteiger partial charge in [-0.3, -0.25) is 0 Å². The number of hydrogen-bond donors (Lipinski definition) is 1. The van der Waals surface area contributed by atoms with Crippen molar-refractivity contribution in [1.82, 2.24) is 5.32 Å². The van der Waals surface area contributed by atoms with Gasteiger partial charge in [-0.05, 0) is 54.6 Å². The summed E-state index contributed by atoms with van der Waals surface area (Å²) in [5, 5.41) is 5.78. The average molecular weight is 289 g/mol. The molecular formula is C17H23NOS. The van der Waals surface area contributed by atoms with E-state index in [4.69, 9.17) is 4.74 Å². The SMILES string of the molecule is CCNC(c1ccc(OCC)cc1)c1sccc1CC. The van der Waals surface area contributed by atoms with Gasteiger partial charge in [-0.15, -0.1) is 11.3 Å². The normalized spacial score (nSPS) is 12.3. The van der Waals surface area contributed by atoms with E-state index in [2.05, 4.69) is 54.9 Å². The standard InChI is InChI=1S/C17H23NOS/c1-4-13-11-12-20-17(13)16(18-5-2)14-7-9-15(10-8-14)19-6-3/h7-12,16,18H,4-6H2,1-3H3. The molecule has 2 nitrogen and oxygen atoms in total. The molecule has 1 heterocycles. The molecule has 3 heteroatoms. The van der Waals surface area contributed by atoms with Gasteiger partial charge in [-0.25, -0.2) is 0 Å². The highest BCUT2D eigenvalue weighted by Crippen LogP contribution is 2.31. The van der Waals surface area contributed by atoms with Crippen molar-refractivity contribution in [2.75, 3.05) is 13.2 Å². The fourth-order valence-corrected chi connectivity index (χ4v) is 3.48. The highest BCUT2D eigenvalue weighted by molar-refractivity contribution is 7.10. The minimum absolute atomic E-state index is 0.283. The summed E-state index contributed by atoms with van der Waals surface area (Å²) in [5.41, 5.74) is 2.74. The van der Waals surface area contributed by atoms with Crippen LogP contribution in [0, 0.1) is 0 Å². The van der Waals surface area contributed by atoms with E-state index < -0.39 is 0 Å². The molecule has 1 aromatic carbocycles. The number of hydrogen-bond acceptors (Lipinski definition) is 3. The summed E-state index contributed by atoms with van der Waals surface area (Å²) in [4.78, 5) is 1.43. The molecule has 0 spiro atoms. The zero-order chi connectivity index (χ0) is 14.4. The Morgan fingerprint density at radius 1 is 1.10 bits per heavy atom. The second-order valence-electron chi connectivity index (χ2n) is 4.66. The van der Waals surface area contributed by atoms with Gasteiger partial charge in [0.05, 0.1) is 12.6 Å². The number of nitrogens with one attached hydrogen (secondary N) is 1. The van der Waals surface area contributed by atoms with Gasteiger partial charge < -0.3 is 10.1 Å². The molecular weight excluding hydrogens is 266 g/mol. The molecule has 108 valence electrons. The summed E-state index contributed by atoms with van der Waals surface area (Å²) < 4.78 is 5.52. The minimum Gasteiger partial charge on any atom is -0.494 e. The molecule has 0 saturated heterocycles. The third kappa shape index (κ3) is 3.41. The minimum atomic E-state index is 0.283. The molecule has 1 unspecified atom stereocenters. The lowest BCUT2D eigenvalue weighted by molar-refractivity contribution is 0.340. The van der Waals surface area contributed by atoms with Crippen LogP contribution in [0.25, 0.3) is 0 Å². The molecule has 2 rings (SSSR count). The van der Waals surface area contributed by atoms with Crippen LogP contribution in [0.2, 0.25) is 0 Å². The molecule has 0 amide bonds. The molecule has 0 radical (unpaired) electrons. The van der Waals surface area contributed by atoms with Crippen LogP contribution in [-0.2, 0) is 6.42 Å². The van der Waals surface area contributed by atoms with Crippen LogP contribution in [0.15, 0.2) is 35.7 Å². The highest BCUT2D eigenvalue weighted by atomic mass is 32.1. The van der Waals surface area contributed by atoms with Gasteiger partial charge in [0.25, 0.3) is 0 Å². The molecule has 0 aliphatic carbocycles. The monoisotopic (exact) mass is 289 g/mol. The van der Waals surface area contributed by atoms with Gasteiger partial charge in [-0.1, -0.05) is 26.0 Å². The van der Waals surface area contributed by atoms with Gasteiger partial charge in [0, 0.05) is 4.88 Å². The van der Waals surface area contributed by atoms with E-state index in [1.54, 1.807) is 0 Å². The van der Waals surface area contributed by atoms with Crippen LogP contribution in [0.1, 0.15) is 42.8 Å². The molecule has 0 fully saturated rings. The number of aryl methyl sites for hydroxylation is 1. The van der Waals surface area contributed by atoms with Gasteiger partial charge in [0.1, 0.15) is 5.75 Å². The molecule has 20 heavy (non-hydrogen) atoms. The van der Waals surface area contributed by atoms with E-state index in [0.717, 1.165) is 18.7 Å². The quantitative estimate of drug-likeness (QED) is 0.815. The van der Waals surface area contributed by atoms with Crippen molar-refractivity contribution in [3.63, 3.8) is 0 Å². The topological polar surface area (TPSA) is 21.3 Å². The Kier molecular flexibility index (Phi) is 5.62. The average Bonchev–Trinajstić information content (AvgIpc) is 2.94. The van der Waals surface area contributed by atoms with Crippen LogP contribution in [0.4, 0.5) is 0 Å². The van der Waals surface area contributed by atoms with Gasteiger partial charge in [0.2, 0.25) is 0 Å². The van der Waals surface area contributed by atoms with E-state index >= 15 is 0 Å². The third-order valence-electron chi connectivity index (χ3n) is 3.36. The summed E-state index contributed by atoms with van der Waals surface area (Å²) in [6.45, 7) is 8.04. The van der Waals surface area contributed by atoms with Crippen LogP contribution in [-0.4, -0.2) is 13.2 Å². The fourth-order valence-electron chi connectivity index (χ4n) is 2.38. The molecule has 2 aromatic rings. The van der Waals surface area contributed by atoms with Crippen molar-refractivity contribution in [3.8, 4) is 5.75 Å². The van der Waals surface area contributed by atoms with Crippen molar-refractivity contribution in [2.24, 2.45) is 0 Å². The Morgan fingerprint density at radius 2 is 1.85 bits per heavy atom. The molecule has 0 bridgehead atoms. The van der Waals surface area contributed by atoms with Gasteiger partial charge in [-0.2, -0.15) is 0 Å². The lowest BCUT2D eigenvalue weighted by Crippen LogP contribution is -2.22. The van der Waals surface area contributed by atoms with E-state index in [1.807, 2.05) is 18.3 Å². The predicted octanol–water partition coefficient (Wildman–Crippen LogP) is 4.41. The second kappa shape index (κ2) is 7.46. The van der Waals surface area contributed by atoms with Crippen molar-refractivity contribution >= 4 is 11.3 Å². The number of thiophene rings is 1. The van der Waals surface area contributed by atoms with Gasteiger partial charge in [0.15, 0.2) is 0 Å². The predicted molar refractivity (Wildman–Crippen MR) is 86.8 cm³/mol. The van der Waals surface area contributed by atoms with E-state index in [-0.39, 0.29) is 6.04 Å². The zero-order valence-electron chi connectivity index (χ0n) is 12.5. The Hall–Kier alpha value is -1.32. The Morgan fingerprint density at radius 3 is 2.45 bits per heavy atom. The maximum Gasteiger partial charge on any atom is 0.119 e. The van der Waals surface area contributed by atoms with Crippen LogP contribution in [0.3, 0.4) is 0 Å². The van der Waals surface area contributed by atoms with E-state index in [9.17, 15) is 0 Å². The Labute approximate surface area is 125 Å². The van der Waals surface area contributed by atoms with Crippen molar-refractivity contribution in [1.29, 1.82) is 0 Å². The summed E-state index contributed by atoms with van der Waals surface area (Å²) >= 11 is 1.84. The third-order valence-corrected chi connectivity index (χ3v) is 4.38. The van der Waals surface area contributed by atoms with Gasteiger partial charge >= 0.3 is 0 Å². The first kappa shape index (κ1) is 15.1. The Bertz CT molecular complexity index is 518. The number of ether oxygens (including phenoxy) is 1. The largest absolute Gasteiger partial charge is 0.494 e.